The Bertz CT molecular complexity index is 509. The third-order valence-electron chi connectivity index (χ3n) is 4.95. The number of likely N-dealkylation sites (tertiary alicyclic amines) is 1. The Hall–Kier alpha value is -1.29. The van der Waals surface area contributed by atoms with E-state index >= 15 is 0 Å². The molecule has 1 heterocycles. The molecule has 2 fully saturated rings. The van der Waals surface area contributed by atoms with Gasteiger partial charge in [-0.1, -0.05) is 18.9 Å². The van der Waals surface area contributed by atoms with Crippen LogP contribution in [0, 0.1) is 17.6 Å². The number of halogens is 2. The number of carbonyl (C=O) groups is 1. The molecular formula is C17H21F2NO. The monoisotopic (exact) mass is 293 g/mol. The maximum atomic E-state index is 13.7. The quantitative estimate of drug-likeness (QED) is 0.790. The highest BCUT2D eigenvalue weighted by Gasteiger charge is 2.34. The van der Waals surface area contributed by atoms with Gasteiger partial charge in [0.15, 0.2) is 5.78 Å². The highest BCUT2D eigenvalue weighted by Crippen LogP contribution is 2.35. The van der Waals surface area contributed by atoms with Crippen molar-refractivity contribution in [3.8, 4) is 0 Å². The molecule has 0 aromatic heterocycles. The van der Waals surface area contributed by atoms with E-state index in [9.17, 15) is 13.6 Å². The molecule has 1 saturated heterocycles. The second-order valence-electron chi connectivity index (χ2n) is 6.24. The van der Waals surface area contributed by atoms with E-state index in [1.807, 2.05) is 0 Å². The molecule has 114 valence electrons. The minimum absolute atomic E-state index is 0.138. The number of hydrogen-bond donors (Lipinski definition) is 0. The third-order valence-corrected chi connectivity index (χ3v) is 4.95. The predicted molar refractivity (Wildman–Crippen MR) is 77.2 cm³/mol. The molecule has 4 heteroatoms. The van der Waals surface area contributed by atoms with E-state index in [2.05, 4.69) is 4.90 Å². The maximum absolute atomic E-state index is 13.7. The van der Waals surface area contributed by atoms with Gasteiger partial charge < -0.3 is 0 Å². The molecule has 2 atom stereocenters. The summed E-state index contributed by atoms with van der Waals surface area (Å²) in [6.45, 7) is 1.00. The standard InChI is InChI=1S/C17H21F2NO/c18-13-7-3-8-14(19)17(13)16(21)11-20-10-4-6-12-5-1-2-9-15(12)20/h3,7-8,12,15H,1-2,4-6,9-11H2/t12-,15-/m1/s1. The van der Waals surface area contributed by atoms with Gasteiger partial charge in [0.05, 0.1) is 12.1 Å². The van der Waals surface area contributed by atoms with E-state index in [1.54, 1.807) is 0 Å². The largest absolute Gasteiger partial charge is 0.293 e. The predicted octanol–water partition coefficient (Wildman–Crippen LogP) is 3.80. The van der Waals surface area contributed by atoms with Crippen LogP contribution >= 0.6 is 0 Å². The van der Waals surface area contributed by atoms with Crippen LogP contribution in [0.15, 0.2) is 18.2 Å². The molecule has 21 heavy (non-hydrogen) atoms. The van der Waals surface area contributed by atoms with Crippen LogP contribution < -0.4 is 0 Å². The van der Waals surface area contributed by atoms with E-state index in [0.29, 0.717) is 12.0 Å². The van der Waals surface area contributed by atoms with E-state index < -0.39 is 17.4 Å². The molecule has 1 aliphatic carbocycles. The van der Waals surface area contributed by atoms with Crippen LogP contribution in [0.25, 0.3) is 0 Å². The average molecular weight is 293 g/mol. The van der Waals surface area contributed by atoms with Crippen molar-refractivity contribution in [1.82, 2.24) is 4.90 Å². The van der Waals surface area contributed by atoms with E-state index in [0.717, 1.165) is 31.5 Å². The zero-order chi connectivity index (χ0) is 14.8. The van der Waals surface area contributed by atoms with E-state index in [-0.39, 0.29) is 12.1 Å². The summed E-state index contributed by atoms with van der Waals surface area (Å²) in [6, 6.07) is 4.01. The van der Waals surface area contributed by atoms with Crippen molar-refractivity contribution < 1.29 is 13.6 Å². The molecule has 1 aromatic carbocycles. The van der Waals surface area contributed by atoms with Gasteiger partial charge in [0.25, 0.3) is 0 Å². The van der Waals surface area contributed by atoms with Gasteiger partial charge in [0, 0.05) is 6.04 Å². The van der Waals surface area contributed by atoms with Gasteiger partial charge in [0.2, 0.25) is 0 Å². The summed E-state index contributed by atoms with van der Waals surface area (Å²) in [5.41, 5.74) is -0.379. The first-order valence-corrected chi connectivity index (χ1v) is 7.88. The fraction of sp³-hybridized carbons (Fsp3) is 0.588. The Morgan fingerprint density at radius 2 is 1.76 bits per heavy atom. The lowest BCUT2D eigenvalue weighted by molar-refractivity contribution is 0.0535. The van der Waals surface area contributed by atoms with Gasteiger partial charge in [-0.3, -0.25) is 9.69 Å². The number of carbonyl (C=O) groups excluding carboxylic acids is 1. The zero-order valence-electron chi connectivity index (χ0n) is 12.2. The molecule has 1 aliphatic heterocycles. The topological polar surface area (TPSA) is 20.3 Å². The van der Waals surface area contributed by atoms with Crippen LogP contribution in [0.1, 0.15) is 48.9 Å². The van der Waals surface area contributed by atoms with Gasteiger partial charge in [-0.05, 0) is 50.3 Å². The summed E-state index contributed by atoms with van der Waals surface area (Å²) in [7, 11) is 0. The van der Waals surface area contributed by atoms with Crippen LogP contribution in [-0.4, -0.2) is 29.8 Å². The lowest BCUT2D eigenvalue weighted by Gasteiger charge is -2.43. The number of nitrogens with zero attached hydrogens (tertiary/aromatic N) is 1. The van der Waals surface area contributed by atoms with Gasteiger partial charge in [-0.15, -0.1) is 0 Å². The number of ketones is 1. The minimum atomic E-state index is -0.753. The normalized spacial score (nSPS) is 26.4. The van der Waals surface area contributed by atoms with Crippen LogP contribution in [0.5, 0.6) is 0 Å². The van der Waals surface area contributed by atoms with Gasteiger partial charge in [-0.2, -0.15) is 0 Å². The molecule has 0 amide bonds. The Morgan fingerprint density at radius 1 is 1.10 bits per heavy atom. The number of rotatable bonds is 3. The van der Waals surface area contributed by atoms with Gasteiger partial charge in [0.1, 0.15) is 11.6 Å². The highest BCUT2D eigenvalue weighted by atomic mass is 19.1. The Kier molecular flexibility index (Phi) is 4.34. The molecule has 0 unspecified atom stereocenters. The molecule has 3 rings (SSSR count). The van der Waals surface area contributed by atoms with Crippen molar-refractivity contribution in [1.29, 1.82) is 0 Å². The maximum Gasteiger partial charge on any atom is 0.182 e. The molecule has 2 aliphatic rings. The number of piperidine rings is 1. The molecule has 0 N–H and O–H groups in total. The number of fused-ring (bicyclic) bond motifs is 1. The molecule has 1 aromatic rings. The first-order valence-electron chi connectivity index (χ1n) is 7.88. The first kappa shape index (κ1) is 14.6. The van der Waals surface area contributed by atoms with Crippen LogP contribution in [0.3, 0.4) is 0 Å². The van der Waals surface area contributed by atoms with Crippen LogP contribution in [0.2, 0.25) is 0 Å². The Morgan fingerprint density at radius 3 is 2.52 bits per heavy atom. The zero-order valence-corrected chi connectivity index (χ0v) is 12.2. The Balaban J connectivity index is 1.74. The van der Waals surface area contributed by atoms with Gasteiger partial charge in [-0.25, -0.2) is 8.78 Å². The van der Waals surface area contributed by atoms with Crippen molar-refractivity contribution in [3.05, 3.63) is 35.4 Å². The molecule has 1 saturated carbocycles. The molecule has 2 nitrogen and oxygen atoms in total. The summed E-state index contributed by atoms with van der Waals surface area (Å²) in [6.07, 6.45) is 7.10. The molecular weight excluding hydrogens is 272 g/mol. The van der Waals surface area contributed by atoms with Crippen molar-refractivity contribution in [2.75, 3.05) is 13.1 Å². The van der Waals surface area contributed by atoms with Crippen LogP contribution in [0.4, 0.5) is 8.78 Å². The molecule has 0 spiro atoms. The van der Waals surface area contributed by atoms with Crippen molar-refractivity contribution in [2.45, 2.75) is 44.6 Å². The van der Waals surface area contributed by atoms with E-state index in [4.69, 9.17) is 0 Å². The summed E-state index contributed by atoms with van der Waals surface area (Å²) >= 11 is 0. The van der Waals surface area contributed by atoms with Crippen molar-refractivity contribution >= 4 is 5.78 Å². The summed E-state index contributed by atoms with van der Waals surface area (Å²) in [5.74, 6) is -1.28. The number of Topliss-reactive ketones (excluding diaryl/α,β-unsaturated/α-hetero) is 1. The fourth-order valence-corrected chi connectivity index (χ4v) is 3.95. The molecule has 0 radical (unpaired) electrons. The smallest absolute Gasteiger partial charge is 0.182 e. The Labute approximate surface area is 124 Å². The molecule has 0 bridgehead atoms. The highest BCUT2D eigenvalue weighted by molar-refractivity contribution is 5.98. The number of hydrogen-bond acceptors (Lipinski definition) is 2. The average Bonchev–Trinajstić information content (AvgIpc) is 2.47. The van der Waals surface area contributed by atoms with Crippen molar-refractivity contribution in [2.24, 2.45) is 5.92 Å². The summed E-state index contributed by atoms with van der Waals surface area (Å²) < 4.78 is 27.4. The summed E-state index contributed by atoms with van der Waals surface area (Å²) in [4.78, 5) is 14.5. The second kappa shape index (κ2) is 6.22. The lowest BCUT2D eigenvalue weighted by atomic mass is 9.78. The third kappa shape index (κ3) is 3.00. The second-order valence-corrected chi connectivity index (χ2v) is 6.24. The van der Waals surface area contributed by atoms with Gasteiger partial charge >= 0.3 is 0 Å². The van der Waals surface area contributed by atoms with Crippen LogP contribution in [-0.2, 0) is 0 Å². The van der Waals surface area contributed by atoms with E-state index in [1.165, 1.54) is 31.7 Å². The minimum Gasteiger partial charge on any atom is -0.293 e. The number of benzene rings is 1. The SMILES string of the molecule is O=C(CN1CCC[C@H]2CCCC[C@H]21)c1c(F)cccc1F. The van der Waals surface area contributed by atoms with Crippen molar-refractivity contribution in [3.63, 3.8) is 0 Å². The lowest BCUT2D eigenvalue weighted by Crippen LogP contribution is -2.48. The first-order chi connectivity index (χ1) is 10.2. The summed E-state index contributed by atoms with van der Waals surface area (Å²) in [5, 5.41) is 0. The fourth-order valence-electron chi connectivity index (χ4n) is 3.95.